The Bertz CT molecular complexity index is 1010. The first kappa shape index (κ1) is 23.6. The zero-order valence-corrected chi connectivity index (χ0v) is 18.8. The quantitative estimate of drug-likeness (QED) is 0.552. The minimum Gasteiger partial charge on any atom is -0.374 e. The summed E-state index contributed by atoms with van der Waals surface area (Å²) in [5, 5.41) is 2.73. The lowest BCUT2D eigenvalue weighted by atomic mass is 10.0. The fraction of sp³-hybridized carbons (Fsp3) is 0.478. The summed E-state index contributed by atoms with van der Waals surface area (Å²) >= 11 is 0. The van der Waals surface area contributed by atoms with E-state index in [0.717, 1.165) is 5.56 Å². The van der Waals surface area contributed by atoms with Crippen LogP contribution in [-0.4, -0.2) is 51.4 Å². The molecule has 1 unspecified atom stereocenters. The Labute approximate surface area is 187 Å². The lowest BCUT2D eigenvalue weighted by molar-refractivity contribution is -0.140. The van der Waals surface area contributed by atoms with Crippen molar-refractivity contribution in [3.05, 3.63) is 63.3 Å². The van der Waals surface area contributed by atoms with Crippen LogP contribution in [0.2, 0.25) is 0 Å². The summed E-state index contributed by atoms with van der Waals surface area (Å²) in [5.74, 6) is -0.148. The van der Waals surface area contributed by atoms with E-state index in [1.165, 1.54) is 0 Å². The highest BCUT2D eigenvalue weighted by Gasteiger charge is 2.33. The van der Waals surface area contributed by atoms with Crippen LogP contribution in [0.15, 0.2) is 35.1 Å². The fourth-order valence-corrected chi connectivity index (χ4v) is 3.45. The number of nitrogens with zero attached hydrogens (tertiary/aromatic N) is 2. The molecule has 0 saturated heterocycles. The molecule has 172 valence electrons. The Morgan fingerprint density at radius 1 is 1.31 bits per heavy atom. The van der Waals surface area contributed by atoms with Crippen LogP contribution in [0, 0.1) is 0 Å². The third-order valence-electron chi connectivity index (χ3n) is 5.35. The van der Waals surface area contributed by atoms with Crippen molar-refractivity contribution in [2.45, 2.75) is 58.3 Å². The second kappa shape index (κ2) is 10.1. The molecule has 0 fully saturated rings. The molecule has 2 amide bonds. The SMILES string of the molecule is CCc1nc2c(c(=O)[nH]1)CCN(C(=O)C(COCc1ccccc1)NC(=O)C(C)(C)N)C2. The van der Waals surface area contributed by atoms with Gasteiger partial charge < -0.3 is 25.7 Å². The van der Waals surface area contributed by atoms with Gasteiger partial charge in [-0.25, -0.2) is 4.98 Å². The molecule has 1 atom stereocenters. The summed E-state index contributed by atoms with van der Waals surface area (Å²) in [5.41, 5.74) is 6.79. The molecule has 9 heteroatoms. The first-order valence-corrected chi connectivity index (χ1v) is 10.8. The Balaban J connectivity index is 1.74. The molecule has 1 aliphatic rings. The van der Waals surface area contributed by atoms with Gasteiger partial charge in [-0.3, -0.25) is 14.4 Å². The molecule has 0 bridgehead atoms. The first-order valence-electron chi connectivity index (χ1n) is 10.8. The number of benzene rings is 1. The predicted molar refractivity (Wildman–Crippen MR) is 120 cm³/mol. The molecule has 3 rings (SSSR count). The van der Waals surface area contributed by atoms with Crippen LogP contribution in [0.1, 0.15) is 43.4 Å². The standard InChI is InChI=1S/C23H31N5O4/c1-4-19-25-17-12-28(11-10-16(17)20(29)27-19)21(30)18(26-22(31)23(2,3)24)14-32-13-15-8-6-5-7-9-15/h5-9,18H,4,10-14,24H2,1-3H3,(H,26,31)(H,25,27,29). The van der Waals surface area contributed by atoms with Gasteiger partial charge in [-0.2, -0.15) is 0 Å². The van der Waals surface area contributed by atoms with E-state index >= 15 is 0 Å². The van der Waals surface area contributed by atoms with E-state index in [0.29, 0.717) is 43.1 Å². The average molecular weight is 442 g/mol. The van der Waals surface area contributed by atoms with E-state index in [4.69, 9.17) is 10.5 Å². The van der Waals surface area contributed by atoms with Crippen molar-refractivity contribution in [1.82, 2.24) is 20.2 Å². The molecule has 1 aromatic carbocycles. The van der Waals surface area contributed by atoms with E-state index in [1.807, 2.05) is 37.3 Å². The smallest absolute Gasteiger partial charge is 0.254 e. The number of H-pyrrole nitrogens is 1. The Morgan fingerprint density at radius 2 is 2.03 bits per heavy atom. The Hall–Kier alpha value is -3.04. The van der Waals surface area contributed by atoms with Crippen LogP contribution in [-0.2, 0) is 40.3 Å². The maximum atomic E-state index is 13.3. The van der Waals surface area contributed by atoms with Gasteiger partial charge in [0.1, 0.15) is 11.9 Å². The molecule has 9 nitrogen and oxygen atoms in total. The summed E-state index contributed by atoms with van der Waals surface area (Å²) < 4.78 is 5.76. The lowest BCUT2D eigenvalue weighted by Crippen LogP contribution is -2.58. The number of hydrogen-bond acceptors (Lipinski definition) is 6. The van der Waals surface area contributed by atoms with E-state index < -0.39 is 17.5 Å². The van der Waals surface area contributed by atoms with Crippen molar-refractivity contribution in [2.75, 3.05) is 13.2 Å². The summed E-state index contributed by atoms with van der Waals surface area (Å²) in [4.78, 5) is 47.0. The number of aromatic nitrogens is 2. The molecular formula is C23H31N5O4. The van der Waals surface area contributed by atoms with Gasteiger partial charge in [0.05, 0.1) is 31.0 Å². The summed E-state index contributed by atoms with van der Waals surface area (Å²) in [6, 6.07) is 8.68. The fourth-order valence-electron chi connectivity index (χ4n) is 3.45. The van der Waals surface area contributed by atoms with Crippen molar-refractivity contribution >= 4 is 11.8 Å². The van der Waals surface area contributed by atoms with Crippen molar-refractivity contribution in [1.29, 1.82) is 0 Å². The maximum Gasteiger partial charge on any atom is 0.254 e. The molecule has 0 aliphatic carbocycles. The molecule has 1 aromatic heterocycles. The summed E-state index contributed by atoms with van der Waals surface area (Å²) in [6.07, 6.45) is 0.995. The highest BCUT2D eigenvalue weighted by molar-refractivity contribution is 5.91. The average Bonchev–Trinajstić information content (AvgIpc) is 2.77. The normalized spacial score (nSPS) is 14.6. The van der Waals surface area contributed by atoms with Gasteiger partial charge in [-0.05, 0) is 25.8 Å². The number of nitrogens with one attached hydrogen (secondary N) is 2. The highest BCUT2D eigenvalue weighted by Crippen LogP contribution is 2.16. The number of carbonyl (C=O) groups is 2. The van der Waals surface area contributed by atoms with Crippen LogP contribution in [0.25, 0.3) is 0 Å². The van der Waals surface area contributed by atoms with Gasteiger partial charge in [0.25, 0.3) is 5.56 Å². The third-order valence-corrected chi connectivity index (χ3v) is 5.35. The number of hydrogen-bond donors (Lipinski definition) is 3. The molecule has 32 heavy (non-hydrogen) atoms. The summed E-state index contributed by atoms with van der Waals surface area (Å²) in [6.45, 7) is 5.94. The van der Waals surface area contributed by atoms with Crippen molar-refractivity contribution in [2.24, 2.45) is 5.73 Å². The van der Waals surface area contributed by atoms with Crippen molar-refractivity contribution in [3.63, 3.8) is 0 Å². The maximum absolute atomic E-state index is 13.3. The minimum absolute atomic E-state index is 0.00190. The first-order chi connectivity index (χ1) is 15.2. The van der Waals surface area contributed by atoms with Gasteiger partial charge in [0.2, 0.25) is 11.8 Å². The number of aryl methyl sites for hydroxylation is 1. The Morgan fingerprint density at radius 3 is 2.69 bits per heavy atom. The summed E-state index contributed by atoms with van der Waals surface area (Å²) in [7, 11) is 0. The predicted octanol–water partition coefficient (Wildman–Crippen LogP) is 0.656. The second-order valence-electron chi connectivity index (χ2n) is 8.55. The number of carbonyl (C=O) groups excluding carboxylic acids is 2. The van der Waals surface area contributed by atoms with E-state index in [9.17, 15) is 14.4 Å². The van der Waals surface area contributed by atoms with Crippen LogP contribution in [0.3, 0.4) is 0 Å². The molecule has 1 aliphatic heterocycles. The molecule has 0 spiro atoms. The number of aromatic amines is 1. The van der Waals surface area contributed by atoms with E-state index in [2.05, 4.69) is 15.3 Å². The van der Waals surface area contributed by atoms with E-state index in [-0.39, 0.29) is 24.6 Å². The van der Waals surface area contributed by atoms with Crippen LogP contribution in [0.4, 0.5) is 0 Å². The number of ether oxygens (including phenoxy) is 1. The lowest BCUT2D eigenvalue weighted by Gasteiger charge is -2.32. The van der Waals surface area contributed by atoms with Crippen molar-refractivity contribution < 1.29 is 14.3 Å². The number of rotatable bonds is 8. The van der Waals surface area contributed by atoms with Gasteiger partial charge in [-0.15, -0.1) is 0 Å². The van der Waals surface area contributed by atoms with Crippen molar-refractivity contribution in [3.8, 4) is 0 Å². The monoisotopic (exact) mass is 441 g/mol. The third kappa shape index (κ3) is 5.80. The van der Waals surface area contributed by atoms with Gasteiger partial charge in [-0.1, -0.05) is 37.3 Å². The molecule has 0 saturated carbocycles. The molecule has 4 N–H and O–H groups in total. The highest BCUT2D eigenvalue weighted by atomic mass is 16.5. The topological polar surface area (TPSA) is 130 Å². The molecular weight excluding hydrogens is 410 g/mol. The second-order valence-corrected chi connectivity index (χ2v) is 8.55. The van der Waals surface area contributed by atoms with Gasteiger partial charge in [0.15, 0.2) is 0 Å². The zero-order valence-electron chi connectivity index (χ0n) is 18.8. The number of nitrogens with two attached hydrogens (primary N) is 1. The van der Waals surface area contributed by atoms with Crippen LogP contribution in [0.5, 0.6) is 0 Å². The zero-order chi connectivity index (χ0) is 23.3. The van der Waals surface area contributed by atoms with Gasteiger partial charge >= 0.3 is 0 Å². The largest absolute Gasteiger partial charge is 0.374 e. The van der Waals surface area contributed by atoms with Crippen LogP contribution >= 0.6 is 0 Å². The van der Waals surface area contributed by atoms with Gasteiger partial charge in [0, 0.05) is 18.5 Å². The minimum atomic E-state index is -1.14. The Kier molecular flexibility index (Phi) is 7.42. The number of fused-ring (bicyclic) bond motifs is 1. The molecule has 0 radical (unpaired) electrons. The van der Waals surface area contributed by atoms with Crippen LogP contribution < -0.4 is 16.6 Å². The number of amides is 2. The molecule has 2 aromatic rings. The van der Waals surface area contributed by atoms with E-state index in [1.54, 1.807) is 18.7 Å². The molecule has 2 heterocycles.